The molecule has 0 saturated carbocycles. The molecule has 18 heavy (non-hydrogen) atoms. The van der Waals surface area contributed by atoms with E-state index in [0.717, 1.165) is 0 Å². The second kappa shape index (κ2) is 6.17. The van der Waals surface area contributed by atoms with Crippen LogP contribution in [0.2, 0.25) is 0 Å². The Kier molecular flexibility index (Phi) is 4.59. The smallest absolute Gasteiger partial charge is 0.330 e. The molecular weight excluding hydrogens is 236 g/mol. The second-order valence-corrected chi connectivity index (χ2v) is 3.17. The van der Waals surface area contributed by atoms with Crippen LogP contribution in [0, 0.1) is 0 Å². The summed E-state index contributed by atoms with van der Waals surface area (Å²) < 4.78 is 9.59. The lowest BCUT2D eigenvalue weighted by molar-refractivity contribution is -0.134. The number of methoxy groups -OCH3 is 2. The molecule has 1 aromatic carbocycles. The quantitative estimate of drug-likeness (QED) is 0.220. The first-order valence-corrected chi connectivity index (χ1v) is 4.91. The van der Waals surface area contributed by atoms with Crippen molar-refractivity contribution in [1.82, 2.24) is 0 Å². The van der Waals surface area contributed by atoms with E-state index in [2.05, 4.69) is 14.8 Å². The van der Waals surface area contributed by atoms with E-state index in [9.17, 15) is 4.79 Å². The van der Waals surface area contributed by atoms with Crippen LogP contribution in [0.1, 0.15) is 5.56 Å². The Hall–Kier alpha value is -2.66. The van der Waals surface area contributed by atoms with E-state index in [1.807, 2.05) is 0 Å². The topological polar surface area (TPSA) is 110 Å². The number of nitrogens with zero attached hydrogens (tertiary/aromatic N) is 3. The summed E-state index contributed by atoms with van der Waals surface area (Å²) in [6.07, 6.45) is 2.74. The van der Waals surface area contributed by atoms with E-state index in [1.165, 1.54) is 32.4 Å². The van der Waals surface area contributed by atoms with E-state index in [1.54, 1.807) is 6.07 Å². The number of carbonyl (C=O) groups is 1. The number of carbonyl (C=O) groups excluding carboxylic acids is 1. The van der Waals surface area contributed by atoms with E-state index < -0.39 is 5.97 Å². The van der Waals surface area contributed by atoms with E-state index in [0.29, 0.717) is 11.3 Å². The van der Waals surface area contributed by atoms with E-state index >= 15 is 0 Å². The summed E-state index contributed by atoms with van der Waals surface area (Å²) in [4.78, 5) is 13.6. The van der Waals surface area contributed by atoms with Gasteiger partial charge < -0.3 is 15.2 Å². The monoisotopic (exact) mass is 248 g/mol. The van der Waals surface area contributed by atoms with Gasteiger partial charge in [0.05, 0.1) is 25.6 Å². The fourth-order valence-corrected chi connectivity index (χ4v) is 1.33. The minimum absolute atomic E-state index is 0.210. The molecule has 0 aliphatic rings. The molecule has 0 aromatic heterocycles. The number of nitrogen functional groups attached to an aromatic ring is 1. The fourth-order valence-electron chi connectivity index (χ4n) is 1.33. The van der Waals surface area contributed by atoms with Gasteiger partial charge in [0.2, 0.25) is 0 Å². The Morgan fingerprint density at radius 2 is 2.22 bits per heavy atom. The third-order valence-corrected chi connectivity index (χ3v) is 2.16. The first-order valence-electron chi connectivity index (χ1n) is 4.91. The number of esters is 1. The minimum atomic E-state index is -0.491. The molecule has 0 radical (unpaired) electrons. The number of hydrogen-bond donors (Lipinski definition) is 1. The van der Waals surface area contributed by atoms with Gasteiger partial charge in [-0.25, -0.2) is 4.79 Å². The summed E-state index contributed by atoms with van der Waals surface area (Å²) in [5, 5.41) is 3.43. The molecular formula is C11H12N4O3. The van der Waals surface area contributed by atoms with Gasteiger partial charge in [0.15, 0.2) is 0 Å². The molecule has 0 aliphatic heterocycles. The number of benzene rings is 1. The predicted molar refractivity (Wildman–Crippen MR) is 67.3 cm³/mol. The van der Waals surface area contributed by atoms with Crippen molar-refractivity contribution in [3.8, 4) is 5.75 Å². The summed E-state index contributed by atoms with van der Waals surface area (Å²) in [6.45, 7) is 0. The van der Waals surface area contributed by atoms with Gasteiger partial charge in [-0.15, -0.1) is 0 Å². The highest BCUT2D eigenvalue weighted by Crippen LogP contribution is 2.35. The standard InChI is InChI=1S/C11H12N4O3/c1-17-9(16)6-4-7-3-5-8(14-15-13)10(12)11(7)18-2/h3-6H,12H2,1-2H3. The normalized spacial score (nSPS) is 9.89. The third kappa shape index (κ3) is 2.93. The molecule has 0 fully saturated rings. The van der Waals surface area contributed by atoms with Crippen molar-refractivity contribution < 1.29 is 14.3 Å². The molecule has 0 unspecified atom stereocenters. The number of ether oxygens (including phenoxy) is 2. The van der Waals surface area contributed by atoms with E-state index in [4.69, 9.17) is 16.0 Å². The molecule has 0 heterocycles. The maximum atomic E-state index is 11.0. The highest BCUT2D eigenvalue weighted by molar-refractivity contribution is 5.89. The maximum Gasteiger partial charge on any atom is 0.330 e. The van der Waals surface area contributed by atoms with Crippen LogP contribution < -0.4 is 10.5 Å². The maximum absolute atomic E-state index is 11.0. The first-order chi connectivity index (χ1) is 8.63. The predicted octanol–water partition coefficient (Wildman–Crippen LogP) is 2.41. The van der Waals surface area contributed by atoms with Gasteiger partial charge in [0.1, 0.15) is 5.75 Å². The molecule has 0 amide bonds. The van der Waals surface area contributed by atoms with E-state index in [-0.39, 0.29) is 11.4 Å². The van der Waals surface area contributed by atoms with Crippen molar-refractivity contribution >= 4 is 23.4 Å². The average Bonchev–Trinajstić information content (AvgIpc) is 2.38. The number of azide groups is 1. The van der Waals surface area contributed by atoms with Crippen LogP contribution in [0.5, 0.6) is 5.75 Å². The van der Waals surface area contributed by atoms with Gasteiger partial charge in [-0.2, -0.15) is 0 Å². The van der Waals surface area contributed by atoms with Crippen molar-refractivity contribution in [2.24, 2.45) is 5.11 Å². The van der Waals surface area contributed by atoms with Gasteiger partial charge in [0, 0.05) is 16.6 Å². The number of hydrogen-bond acceptors (Lipinski definition) is 5. The number of rotatable bonds is 4. The van der Waals surface area contributed by atoms with Crippen LogP contribution in [0.3, 0.4) is 0 Å². The zero-order chi connectivity index (χ0) is 13.5. The van der Waals surface area contributed by atoms with Crippen LogP contribution in [-0.4, -0.2) is 20.2 Å². The number of nitrogens with two attached hydrogens (primary N) is 1. The van der Waals surface area contributed by atoms with Gasteiger partial charge in [-0.1, -0.05) is 11.2 Å². The van der Waals surface area contributed by atoms with Crippen molar-refractivity contribution in [3.05, 3.63) is 34.2 Å². The molecule has 0 aliphatic carbocycles. The van der Waals surface area contributed by atoms with Gasteiger partial charge in [-0.3, -0.25) is 0 Å². The minimum Gasteiger partial charge on any atom is -0.494 e. The van der Waals surface area contributed by atoms with Crippen LogP contribution in [0.4, 0.5) is 11.4 Å². The first kappa shape index (κ1) is 13.4. The third-order valence-electron chi connectivity index (χ3n) is 2.16. The SMILES string of the molecule is COC(=O)C=Cc1ccc(N=[N+]=[N-])c(N)c1OC. The Labute approximate surface area is 103 Å². The number of anilines is 1. The van der Waals surface area contributed by atoms with Crippen molar-refractivity contribution in [2.75, 3.05) is 20.0 Å². The lowest BCUT2D eigenvalue weighted by atomic mass is 10.1. The molecule has 0 saturated heterocycles. The van der Waals surface area contributed by atoms with Gasteiger partial charge in [-0.05, 0) is 17.7 Å². The van der Waals surface area contributed by atoms with Gasteiger partial charge in [0.25, 0.3) is 0 Å². The molecule has 2 N–H and O–H groups in total. The molecule has 0 atom stereocenters. The molecule has 0 bridgehead atoms. The van der Waals surface area contributed by atoms with Crippen LogP contribution >= 0.6 is 0 Å². The molecule has 94 valence electrons. The molecule has 1 aromatic rings. The summed E-state index contributed by atoms with van der Waals surface area (Å²) in [6, 6.07) is 3.16. The van der Waals surface area contributed by atoms with Crippen molar-refractivity contribution in [1.29, 1.82) is 0 Å². The Balaban J connectivity index is 3.22. The fraction of sp³-hybridized carbons (Fsp3) is 0.182. The average molecular weight is 248 g/mol. The molecule has 7 heteroatoms. The highest BCUT2D eigenvalue weighted by atomic mass is 16.5. The zero-order valence-corrected chi connectivity index (χ0v) is 9.95. The summed E-state index contributed by atoms with van der Waals surface area (Å²) >= 11 is 0. The van der Waals surface area contributed by atoms with Gasteiger partial charge >= 0.3 is 5.97 Å². The zero-order valence-electron chi connectivity index (χ0n) is 9.95. The van der Waals surface area contributed by atoms with Crippen molar-refractivity contribution in [3.63, 3.8) is 0 Å². The van der Waals surface area contributed by atoms with Crippen LogP contribution in [0.15, 0.2) is 23.3 Å². The summed E-state index contributed by atoms with van der Waals surface area (Å²) in [5.41, 5.74) is 15.2. The lowest BCUT2D eigenvalue weighted by Crippen LogP contribution is -1.97. The summed E-state index contributed by atoms with van der Waals surface area (Å²) in [5.74, 6) is -0.158. The Bertz CT molecular complexity index is 533. The summed E-state index contributed by atoms with van der Waals surface area (Å²) in [7, 11) is 2.71. The molecule has 7 nitrogen and oxygen atoms in total. The Morgan fingerprint density at radius 3 is 2.78 bits per heavy atom. The Morgan fingerprint density at radius 1 is 1.50 bits per heavy atom. The molecule has 1 rings (SSSR count). The lowest BCUT2D eigenvalue weighted by Gasteiger charge is -2.10. The van der Waals surface area contributed by atoms with Crippen LogP contribution in [-0.2, 0) is 9.53 Å². The largest absolute Gasteiger partial charge is 0.494 e. The molecule has 0 spiro atoms. The highest BCUT2D eigenvalue weighted by Gasteiger charge is 2.09. The van der Waals surface area contributed by atoms with Crippen LogP contribution in [0.25, 0.3) is 16.5 Å². The van der Waals surface area contributed by atoms with Crippen molar-refractivity contribution in [2.45, 2.75) is 0 Å². The second-order valence-electron chi connectivity index (χ2n) is 3.17.